The van der Waals surface area contributed by atoms with Crippen LogP contribution in [0.4, 0.5) is 26.3 Å². The molecule has 0 radical (unpaired) electrons. The minimum absolute atomic E-state index is 0.0487. The highest BCUT2D eigenvalue weighted by Gasteiger charge is 2.36. The Morgan fingerprint density at radius 2 is 1.56 bits per heavy atom. The first-order chi connectivity index (χ1) is 15.0. The second-order valence-corrected chi connectivity index (χ2v) is 6.57. The molecule has 0 spiro atoms. The Balaban J connectivity index is 1.86. The molecule has 1 aromatic carbocycles. The maximum Gasteiger partial charge on any atom is 0.433 e. The normalized spacial score (nSPS) is 11.9. The number of nitrogens with zero attached hydrogens (tertiary/aromatic N) is 4. The molecule has 32 heavy (non-hydrogen) atoms. The SMILES string of the molecule is Oc1cncc(C#Cc2cnn3c(C(F)(F)F)cc(-c4ccc(C(F)(F)F)cc4)nc23)c1. The molecule has 5 nitrogen and oxygen atoms in total. The fourth-order valence-electron chi connectivity index (χ4n) is 2.87. The Kier molecular flexibility index (Phi) is 5.00. The lowest BCUT2D eigenvalue weighted by molar-refractivity contribution is -0.142. The molecule has 3 heterocycles. The standard InChI is InChI=1S/C21H10F6N4O/c22-20(23,24)15-5-3-13(4-6-15)17-8-18(21(25,26)27)31-19(30-17)14(10-29-31)2-1-12-7-16(32)11-28-9-12/h3-11,32H. The van der Waals surface area contributed by atoms with E-state index in [1.165, 1.54) is 18.5 Å². The van der Waals surface area contributed by atoms with Gasteiger partial charge in [-0.15, -0.1) is 0 Å². The van der Waals surface area contributed by atoms with Crippen molar-refractivity contribution >= 4 is 5.65 Å². The van der Waals surface area contributed by atoms with Crippen LogP contribution in [0.15, 0.2) is 55.0 Å². The predicted octanol–water partition coefficient (Wildman–Crippen LogP) is 4.93. The highest BCUT2D eigenvalue weighted by molar-refractivity contribution is 5.67. The molecule has 4 aromatic rings. The molecular formula is C21H10F6N4O. The quantitative estimate of drug-likeness (QED) is 0.331. The van der Waals surface area contributed by atoms with Gasteiger partial charge in [-0.25, -0.2) is 9.50 Å². The first kappa shape index (κ1) is 21.2. The van der Waals surface area contributed by atoms with Crippen LogP contribution in [0, 0.1) is 11.8 Å². The van der Waals surface area contributed by atoms with Crippen LogP contribution < -0.4 is 0 Å². The van der Waals surface area contributed by atoms with Gasteiger partial charge in [0.15, 0.2) is 11.3 Å². The molecule has 0 unspecified atom stereocenters. The molecule has 0 aliphatic rings. The topological polar surface area (TPSA) is 63.3 Å². The summed E-state index contributed by atoms with van der Waals surface area (Å²) in [6.07, 6.45) is -5.76. The third-order valence-corrected chi connectivity index (χ3v) is 4.34. The minimum atomic E-state index is -4.81. The van der Waals surface area contributed by atoms with E-state index in [0.717, 1.165) is 30.5 Å². The van der Waals surface area contributed by atoms with Gasteiger partial charge in [-0.2, -0.15) is 31.4 Å². The number of alkyl halides is 6. The van der Waals surface area contributed by atoms with Crippen molar-refractivity contribution in [3.05, 3.63) is 77.4 Å². The van der Waals surface area contributed by atoms with Crippen molar-refractivity contribution in [2.75, 3.05) is 0 Å². The molecule has 3 aromatic heterocycles. The molecule has 162 valence electrons. The monoisotopic (exact) mass is 448 g/mol. The lowest BCUT2D eigenvalue weighted by atomic mass is 10.1. The first-order valence-corrected chi connectivity index (χ1v) is 8.82. The van der Waals surface area contributed by atoms with Gasteiger partial charge >= 0.3 is 12.4 Å². The van der Waals surface area contributed by atoms with Crippen LogP contribution in [-0.2, 0) is 12.4 Å². The smallest absolute Gasteiger partial charge is 0.433 e. The van der Waals surface area contributed by atoms with Crippen molar-refractivity contribution in [3.8, 4) is 28.8 Å². The third kappa shape index (κ3) is 4.20. The Labute approximate surface area is 176 Å². The molecule has 0 saturated carbocycles. The molecule has 0 saturated heterocycles. The molecule has 0 aliphatic carbocycles. The summed E-state index contributed by atoms with van der Waals surface area (Å²) in [6.45, 7) is 0. The van der Waals surface area contributed by atoms with E-state index in [9.17, 15) is 31.4 Å². The summed E-state index contributed by atoms with van der Waals surface area (Å²) >= 11 is 0. The van der Waals surface area contributed by atoms with E-state index in [1.54, 1.807) is 0 Å². The largest absolute Gasteiger partial charge is 0.506 e. The fourth-order valence-corrected chi connectivity index (χ4v) is 2.87. The molecule has 0 atom stereocenters. The summed E-state index contributed by atoms with van der Waals surface area (Å²) in [5.41, 5.74) is -2.11. The van der Waals surface area contributed by atoms with Crippen LogP contribution >= 0.6 is 0 Å². The van der Waals surface area contributed by atoms with E-state index < -0.39 is 23.6 Å². The van der Waals surface area contributed by atoms with Gasteiger partial charge in [-0.3, -0.25) is 4.98 Å². The summed E-state index contributed by atoms with van der Waals surface area (Å²) in [5.74, 6) is 5.14. The first-order valence-electron chi connectivity index (χ1n) is 8.82. The van der Waals surface area contributed by atoms with Crippen molar-refractivity contribution in [2.45, 2.75) is 12.4 Å². The van der Waals surface area contributed by atoms with Crippen molar-refractivity contribution in [2.24, 2.45) is 0 Å². The molecule has 0 fully saturated rings. The highest BCUT2D eigenvalue weighted by Crippen LogP contribution is 2.34. The zero-order valence-corrected chi connectivity index (χ0v) is 15.7. The van der Waals surface area contributed by atoms with Crippen LogP contribution in [0.2, 0.25) is 0 Å². The summed E-state index contributed by atoms with van der Waals surface area (Å²) < 4.78 is 79.9. The Morgan fingerprint density at radius 3 is 2.19 bits per heavy atom. The molecule has 11 heteroatoms. The lowest BCUT2D eigenvalue weighted by Crippen LogP contribution is -2.13. The minimum Gasteiger partial charge on any atom is -0.506 e. The molecule has 0 aliphatic heterocycles. The van der Waals surface area contributed by atoms with Crippen LogP contribution in [-0.4, -0.2) is 24.7 Å². The Bertz CT molecular complexity index is 1360. The van der Waals surface area contributed by atoms with Crippen LogP contribution in [0.3, 0.4) is 0 Å². The van der Waals surface area contributed by atoms with Crippen LogP contribution in [0.5, 0.6) is 5.75 Å². The number of pyridine rings is 1. The number of hydrogen-bond donors (Lipinski definition) is 1. The number of rotatable bonds is 1. The van der Waals surface area contributed by atoms with Gasteiger partial charge in [-0.05, 0) is 24.3 Å². The Hall–Kier alpha value is -4.07. The van der Waals surface area contributed by atoms with E-state index in [4.69, 9.17) is 0 Å². The van der Waals surface area contributed by atoms with Gasteiger partial charge in [0.05, 0.1) is 29.2 Å². The summed E-state index contributed by atoms with van der Waals surface area (Å²) in [7, 11) is 0. The van der Waals surface area contributed by atoms with E-state index in [-0.39, 0.29) is 28.2 Å². The average Bonchev–Trinajstić information content (AvgIpc) is 3.13. The molecular weight excluding hydrogens is 438 g/mol. The number of benzene rings is 1. The van der Waals surface area contributed by atoms with Gasteiger partial charge in [-0.1, -0.05) is 24.0 Å². The predicted molar refractivity (Wildman–Crippen MR) is 100 cm³/mol. The van der Waals surface area contributed by atoms with Crippen molar-refractivity contribution < 1.29 is 31.4 Å². The van der Waals surface area contributed by atoms with Gasteiger partial charge in [0.2, 0.25) is 0 Å². The van der Waals surface area contributed by atoms with Gasteiger partial charge < -0.3 is 5.11 Å². The second-order valence-electron chi connectivity index (χ2n) is 6.57. The van der Waals surface area contributed by atoms with Gasteiger partial charge in [0.1, 0.15) is 5.75 Å². The fraction of sp³-hybridized carbons (Fsp3) is 0.0952. The van der Waals surface area contributed by atoms with Gasteiger partial charge in [0, 0.05) is 17.3 Å². The lowest BCUT2D eigenvalue weighted by Gasteiger charge is -2.12. The van der Waals surface area contributed by atoms with Crippen molar-refractivity contribution in [1.29, 1.82) is 0 Å². The average molecular weight is 448 g/mol. The number of fused-ring (bicyclic) bond motifs is 1. The number of hydrogen-bond acceptors (Lipinski definition) is 4. The van der Waals surface area contributed by atoms with E-state index in [0.29, 0.717) is 16.1 Å². The molecule has 0 amide bonds. The maximum atomic E-state index is 13.6. The van der Waals surface area contributed by atoms with E-state index in [1.807, 2.05) is 0 Å². The summed E-state index contributed by atoms with van der Waals surface area (Å²) in [4.78, 5) is 7.91. The zero-order valence-electron chi connectivity index (χ0n) is 15.7. The summed E-state index contributed by atoms with van der Waals surface area (Å²) in [6, 6.07) is 5.64. The number of aromatic nitrogens is 4. The maximum absolute atomic E-state index is 13.6. The highest BCUT2D eigenvalue weighted by atomic mass is 19.4. The number of halogens is 6. The summed E-state index contributed by atoms with van der Waals surface area (Å²) in [5, 5.41) is 13.2. The number of aromatic hydroxyl groups is 1. The van der Waals surface area contributed by atoms with E-state index in [2.05, 4.69) is 26.9 Å². The second kappa shape index (κ2) is 7.56. The van der Waals surface area contributed by atoms with E-state index >= 15 is 0 Å². The molecule has 4 rings (SSSR count). The van der Waals surface area contributed by atoms with Crippen LogP contribution in [0.1, 0.15) is 22.4 Å². The van der Waals surface area contributed by atoms with Crippen LogP contribution in [0.25, 0.3) is 16.9 Å². The third-order valence-electron chi connectivity index (χ3n) is 4.34. The zero-order chi connectivity index (χ0) is 23.1. The van der Waals surface area contributed by atoms with Gasteiger partial charge in [0.25, 0.3) is 0 Å². The van der Waals surface area contributed by atoms with Crippen molar-refractivity contribution in [1.82, 2.24) is 19.6 Å². The molecule has 1 N–H and O–H groups in total. The van der Waals surface area contributed by atoms with Crippen molar-refractivity contribution in [3.63, 3.8) is 0 Å². The molecule has 0 bridgehead atoms. The Morgan fingerprint density at radius 1 is 0.844 bits per heavy atom.